The second-order valence-electron chi connectivity index (χ2n) is 4.84. The predicted molar refractivity (Wildman–Crippen MR) is 68.0 cm³/mol. The molecule has 17 heavy (non-hydrogen) atoms. The van der Waals surface area contributed by atoms with Crippen LogP contribution in [0.4, 0.5) is 0 Å². The van der Waals surface area contributed by atoms with Gasteiger partial charge in [0.15, 0.2) is 0 Å². The molecule has 0 N–H and O–H groups in total. The van der Waals surface area contributed by atoms with E-state index < -0.39 is 0 Å². The van der Waals surface area contributed by atoms with Crippen molar-refractivity contribution in [2.75, 3.05) is 0 Å². The number of hydrogen-bond donors (Lipinski definition) is 0. The zero-order valence-electron chi connectivity index (χ0n) is 10.4. The molecule has 0 spiro atoms. The van der Waals surface area contributed by atoms with E-state index in [9.17, 15) is 0 Å². The Bertz CT molecular complexity index is 411. The fourth-order valence-electron chi connectivity index (χ4n) is 2.36. The van der Waals surface area contributed by atoms with Crippen molar-refractivity contribution >= 4 is 0 Å². The maximum absolute atomic E-state index is 9.06. The van der Waals surface area contributed by atoms with Crippen molar-refractivity contribution in [1.82, 2.24) is 0 Å². The normalized spacial score (nSPS) is 17.2. The van der Waals surface area contributed by atoms with E-state index in [-0.39, 0.29) is 0 Å². The predicted octanol–water partition coefficient (Wildman–Crippen LogP) is 3.97. The molecular formula is C15H19NO. The summed E-state index contributed by atoms with van der Waals surface area (Å²) in [6.45, 7) is 2.03. The van der Waals surface area contributed by atoms with Crippen molar-refractivity contribution in [1.29, 1.82) is 5.26 Å². The molecule has 0 aliphatic heterocycles. The highest BCUT2D eigenvalue weighted by atomic mass is 16.5. The zero-order chi connectivity index (χ0) is 12.1. The molecule has 0 atom stereocenters. The standard InChI is InChI=1S/C15H19NO/c1-12-8-9-13(11-16)15(10-12)17-14-6-4-2-3-5-7-14/h8-10,14H,2-7H2,1H3. The number of aryl methyl sites for hydroxylation is 1. The number of nitrogens with zero attached hydrogens (tertiary/aromatic N) is 1. The van der Waals surface area contributed by atoms with Crippen molar-refractivity contribution in [3.63, 3.8) is 0 Å². The monoisotopic (exact) mass is 229 g/mol. The first kappa shape index (κ1) is 12.0. The molecule has 0 aromatic heterocycles. The van der Waals surface area contributed by atoms with E-state index in [1.54, 1.807) is 0 Å². The molecule has 1 saturated carbocycles. The highest BCUT2D eigenvalue weighted by Gasteiger charge is 2.15. The lowest BCUT2D eigenvalue weighted by Gasteiger charge is -2.18. The minimum Gasteiger partial charge on any atom is -0.489 e. The van der Waals surface area contributed by atoms with E-state index in [2.05, 4.69) is 6.07 Å². The number of ether oxygens (including phenoxy) is 1. The van der Waals surface area contributed by atoms with Crippen molar-refractivity contribution in [2.45, 2.75) is 51.6 Å². The van der Waals surface area contributed by atoms with Gasteiger partial charge in [0.05, 0.1) is 11.7 Å². The Morgan fingerprint density at radius 3 is 2.53 bits per heavy atom. The van der Waals surface area contributed by atoms with Crippen LogP contribution in [0.5, 0.6) is 5.75 Å². The third-order valence-electron chi connectivity index (χ3n) is 3.35. The molecule has 0 saturated heterocycles. The first-order chi connectivity index (χ1) is 8.29. The van der Waals surface area contributed by atoms with Gasteiger partial charge in [0.2, 0.25) is 0 Å². The van der Waals surface area contributed by atoms with Crippen LogP contribution in [-0.2, 0) is 0 Å². The second kappa shape index (κ2) is 5.72. The molecule has 1 aromatic rings. The van der Waals surface area contributed by atoms with Crippen LogP contribution in [-0.4, -0.2) is 6.10 Å². The van der Waals surface area contributed by atoms with E-state index in [1.165, 1.54) is 25.7 Å². The molecule has 2 heteroatoms. The second-order valence-corrected chi connectivity index (χ2v) is 4.84. The average molecular weight is 229 g/mol. The molecule has 1 aliphatic rings. The number of nitriles is 1. The Kier molecular flexibility index (Phi) is 4.03. The molecule has 0 amide bonds. The first-order valence-electron chi connectivity index (χ1n) is 6.47. The molecular weight excluding hydrogens is 210 g/mol. The Labute approximate surface area is 103 Å². The Morgan fingerprint density at radius 2 is 1.88 bits per heavy atom. The van der Waals surface area contributed by atoms with Crippen LogP contribution in [0.15, 0.2) is 18.2 Å². The molecule has 1 aromatic carbocycles. The van der Waals surface area contributed by atoms with E-state index >= 15 is 0 Å². The van der Waals surface area contributed by atoms with Gasteiger partial charge in [0.1, 0.15) is 11.8 Å². The van der Waals surface area contributed by atoms with E-state index in [0.29, 0.717) is 11.7 Å². The summed E-state index contributed by atoms with van der Waals surface area (Å²) in [6, 6.07) is 7.98. The van der Waals surface area contributed by atoms with Crippen LogP contribution in [0.25, 0.3) is 0 Å². The number of hydrogen-bond acceptors (Lipinski definition) is 2. The highest BCUT2D eigenvalue weighted by molar-refractivity contribution is 5.45. The lowest BCUT2D eigenvalue weighted by Crippen LogP contribution is -2.15. The lowest BCUT2D eigenvalue weighted by molar-refractivity contribution is 0.183. The summed E-state index contributed by atoms with van der Waals surface area (Å²) in [6.07, 6.45) is 7.68. The summed E-state index contributed by atoms with van der Waals surface area (Å²) in [4.78, 5) is 0. The maximum atomic E-state index is 9.06. The molecule has 0 bridgehead atoms. The van der Waals surface area contributed by atoms with Gasteiger partial charge in [-0.05, 0) is 50.3 Å². The van der Waals surface area contributed by atoms with Gasteiger partial charge in [-0.1, -0.05) is 18.9 Å². The Morgan fingerprint density at radius 1 is 1.18 bits per heavy atom. The van der Waals surface area contributed by atoms with Gasteiger partial charge in [0.25, 0.3) is 0 Å². The third kappa shape index (κ3) is 3.23. The van der Waals surface area contributed by atoms with Crippen molar-refractivity contribution < 1.29 is 4.74 Å². The van der Waals surface area contributed by atoms with Gasteiger partial charge in [-0.3, -0.25) is 0 Å². The zero-order valence-corrected chi connectivity index (χ0v) is 10.4. The molecule has 0 heterocycles. The van der Waals surface area contributed by atoms with Crippen LogP contribution in [0.2, 0.25) is 0 Å². The fourth-order valence-corrected chi connectivity index (χ4v) is 2.36. The van der Waals surface area contributed by atoms with E-state index in [4.69, 9.17) is 10.00 Å². The molecule has 1 fully saturated rings. The largest absolute Gasteiger partial charge is 0.489 e. The summed E-state index contributed by atoms with van der Waals surface area (Å²) in [7, 11) is 0. The van der Waals surface area contributed by atoms with Gasteiger partial charge >= 0.3 is 0 Å². The minimum atomic E-state index is 0.298. The van der Waals surface area contributed by atoms with Gasteiger partial charge in [-0.15, -0.1) is 0 Å². The van der Waals surface area contributed by atoms with Crippen LogP contribution < -0.4 is 4.74 Å². The summed E-state index contributed by atoms with van der Waals surface area (Å²) in [5.74, 6) is 0.763. The maximum Gasteiger partial charge on any atom is 0.137 e. The smallest absolute Gasteiger partial charge is 0.137 e. The van der Waals surface area contributed by atoms with Crippen molar-refractivity contribution in [3.05, 3.63) is 29.3 Å². The Hall–Kier alpha value is -1.49. The van der Waals surface area contributed by atoms with Crippen LogP contribution >= 0.6 is 0 Å². The van der Waals surface area contributed by atoms with Crippen molar-refractivity contribution in [2.24, 2.45) is 0 Å². The van der Waals surface area contributed by atoms with Gasteiger partial charge < -0.3 is 4.74 Å². The summed E-state index contributed by atoms with van der Waals surface area (Å²) >= 11 is 0. The van der Waals surface area contributed by atoms with E-state index in [0.717, 1.165) is 24.2 Å². The summed E-state index contributed by atoms with van der Waals surface area (Å²) in [5.41, 5.74) is 1.80. The molecule has 2 rings (SSSR count). The van der Waals surface area contributed by atoms with Gasteiger partial charge in [0, 0.05) is 0 Å². The topological polar surface area (TPSA) is 33.0 Å². The molecule has 2 nitrogen and oxygen atoms in total. The summed E-state index contributed by atoms with van der Waals surface area (Å²) < 4.78 is 6.02. The third-order valence-corrected chi connectivity index (χ3v) is 3.35. The quantitative estimate of drug-likeness (QED) is 0.719. The SMILES string of the molecule is Cc1ccc(C#N)c(OC2CCCCCC2)c1. The van der Waals surface area contributed by atoms with Gasteiger partial charge in [-0.2, -0.15) is 5.26 Å². The van der Waals surface area contributed by atoms with Crippen LogP contribution in [0, 0.1) is 18.3 Å². The molecule has 1 aliphatic carbocycles. The fraction of sp³-hybridized carbons (Fsp3) is 0.533. The number of rotatable bonds is 2. The van der Waals surface area contributed by atoms with Crippen molar-refractivity contribution in [3.8, 4) is 11.8 Å². The highest BCUT2D eigenvalue weighted by Crippen LogP contribution is 2.26. The van der Waals surface area contributed by atoms with Crippen LogP contribution in [0.3, 0.4) is 0 Å². The summed E-state index contributed by atoms with van der Waals surface area (Å²) in [5, 5.41) is 9.06. The van der Waals surface area contributed by atoms with E-state index in [1.807, 2.05) is 25.1 Å². The lowest BCUT2D eigenvalue weighted by atomic mass is 10.1. The average Bonchev–Trinajstić information content (AvgIpc) is 2.58. The molecule has 0 radical (unpaired) electrons. The molecule has 0 unspecified atom stereocenters. The number of benzene rings is 1. The first-order valence-corrected chi connectivity index (χ1v) is 6.47. The minimum absolute atomic E-state index is 0.298. The Balaban J connectivity index is 2.11. The van der Waals surface area contributed by atoms with Gasteiger partial charge in [-0.25, -0.2) is 0 Å². The van der Waals surface area contributed by atoms with Crippen LogP contribution in [0.1, 0.15) is 49.7 Å². The molecule has 90 valence electrons.